The van der Waals surface area contributed by atoms with Gasteiger partial charge in [-0.15, -0.1) is 0 Å². The fourth-order valence-electron chi connectivity index (χ4n) is 2.30. The summed E-state index contributed by atoms with van der Waals surface area (Å²) in [5.74, 6) is 0.403. The zero-order valence-electron chi connectivity index (χ0n) is 16.1. The molecule has 2 rings (SSSR count). The quantitative estimate of drug-likeness (QED) is 0.448. The summed E-state index contributed by atoms with van der Waals surface area (Å²) in [7, 11) is 0. The Hall–Kier alpha value is -2.54. The first-order chi connectivity index (χ1) is 13.5. The van der Waals surface area contributed by atoms with Crippen molar-refractivity contribution in [1.82, 2.24) is 10.9 Å². The van der Waals surface area contributed by atoms with Crippen LogP contribution in [0.1, 0.15) is 42.6 Å². The Morgan fingerprint density at radius 2 is 1.75 bits per heavy atom. The smallest absolute Gasteiger partial charge is 0.276 e. The number of hydrogen-bond acceptors (Lipinski definition) is 4. The molecular weight excluding hydrogens is 424 g/mol. The molecule has 0 spiro atoms. The highest BCUT2D eigenvalue weighted by Gasteiger charge is 2.09. The predicted octanol–water partition coefficient (Wildman–Crippen LogP) is 4.03. The summed E-state index contributed by atoms with van der Waals surface area (Å²) in [5, 5.41) is 0. The molecule has 2 aromatic rings. The van der Waals surface area contributed by atoms with E-state index in [4.69, 9.17) is 9.47 Å². The summed E-state index contributed by atoms with van der Waals surface area (Å²) in [6.07, 6.45) is 2.96. The molecule has 0 atom stereocenters. The van der Waals surface area contributed by atoms with Crippen LogP contribution in [-0.2, 0) is 11.2 Å². The van der Waals surface area contributed by atoms with Gasteiger partial charge in [-0.05, 0) is 70.7 Å². The number of nitrogens with one attached hydrogen (secondary N) is 2. The molecule has 150 valence electrons. The third-order valence-corrected chi connectivity index (χ3v) is 4.58. The van der Waals surface area contributed by atoms with Gasteiger partial charge in [0.25, 0.3) is 11.8 Å². The van der Waals surface area contributed by atoms with E-state index in [0.717, 1.165) is 29.3 Å². The molecular formula is C21H25BrN2O4. The monoisotopic (exact) mass is 448 g/mol. The summed E-state index contributed by atoms with van der Waals surface area (Å²) >= 11 is 3.42. The maximum Gasteiger partial charge on any atom is 0.276 e. The number of hydrazine groups is 1. The van der Waals surface area contributed by atoms with Gasteiger partial charge in [0.05, 0.1) is 11.1 Å². The Kier molecular flexibility index (Phi) is 8.81. The molecule has 0 saturated heterocycles. The highest BCUT2D eigenvalue weighted by Crippen LogP contribution is 2.26. The van der Waals surface area contributed by atoms with Crippen molar-refractivity contribution in [3.63, 3.8) is 0 Å². The molecule has 0 bridgehead atoms. The molecule has 6 nitrogen and oxygen atoms in total. The van der Waals surface area contributed by atoms with E-state index < -0.39 is 11.8 Å². The van der Waals surface area contributed by atoms with Crippen LogP contribution in [-0.4, -0.2) is 25.0 Å². The zero-order valence-corrected chi connectivity index (χ0v) is 17.7. The number of benzene rings is 2. The van der Waals surface area contributed by atoms with Crippen molar-refractivity contribution in [2.45, 2.75) is 33.1 Å². The van der Waals surface area contributed by atoms with Gasteiger partial charge in [-0.2, -0.15) is 0 Å². The highest BCUT2D eigenvalue weighted by molar-refractivity contribution is 9.10. The Labute approximate surface area is 173 Å². The number of carbonyl (C=O) groups excluding carboxylic acids is 2. The predicted molar refractivity (Wildman–Crippen MR) is 111 cm³/mol. The molecule has 0 unspecified atom stereocenters. The molecule has 7 heteroatoms. The van der Waals surface area contributed by atoms with Crippen LogP contribution >= 0.6 is 15.9 Å². The topological polar surface area (TPSA) is 76.7 Å². The lowest BCUT2D eigenvalue weighted by Crippen LogP contribution is -2.43. The van der Waals surface area contributed by atoms with Crippen LogP contribution in [0.4, 0.5) is 0 Å². The molecule has 0 radical (unpaired) electrons. The van der Waals surface area contributed by atoms with Gasteiger partial charge in [0.1, 0.15) is 11.5 Å². The third kappa shape index (κ3) is 6.88. The number of carbonyl (C=O) groups is 2. The molecule has 2 amide bonds. The van der Waals surface area contributed by atoms with Crippen LogP contribution in [0.3, 0.4) is 0 Å². The third-order valence-electron chi connectivity index (χ3n) is 3.96. The van der Waals surface area contributed by atoms with E-state index in [1.807, 2.05) is 12.1 Å². The fourth-order valence-corrected chi connectivity index (χ4v) is 2.84. The minimum absolute atomic E-state index is 0.214. The van der Waals surface area contributed by atoms with Crippen LogP contribution in [0.5, 0.6) is 11.5 Å². The van der Waals surface area contributed by atoms with Crippen molar-refractivity contribution >= 4 is 27.7 Å². The Morgan fingerprint density at radius 1 is 1.00 bits per heavy atom. The normalized spacial score (nSPS) is 10.2. The molecule has 28 heavy (non-hydrogen) atoms. The molecule has 0 aliphatic carbocycles. The van der Waals surface area contributed by atoms with E-state index in [2.05, 4.69) is 40.6 Å². The first-order valence-electron chi connectivity index (χ1n) is 9.26. The van der Waals surface area contributed by atoms with Gasteiger partial charge in [0, 0.05) is 5.56 Å². The van der Waals surface area contributed by atoms with E-state index in [0.29, 0.717) is 23.7 Å². The van der Waals surface area contributed by atoms with E-state index in [1.165, 1.54) is 0 Å². The second-order valence-electron chi connectivity index (χ2n) is 6.14. The van der Waals surface area contributed by atoms with Crippen LogP contribution in [0, 0.1) is 0 Å². The van der Waals surface area contributed by atoms with Crippen molar-refractivity contribution in [2.75, 3.05) is 13.2 Å². The zero-order chi connectivity index (χ0) is 20.4. The van der Waals surface area contributed by atoms with Gasteiger partial charge in [-0.3, -0.25) is 20.4 Å². The number of amides is 2. The van der Waals surface area contributed by atoms with Crippen molar-refractivity contribution in [1.29, 1.82) is 0 Å². The van der Waals surface area contributed by atoms with E-state index in [9.17, 15) is 9.59 Å². The lowest BCUT2D eigenvalue weighted by atomic mass is 10.2. The summed E-state index contributed by atoms with van der Waals surface area (Å²) in [6.45, 7) is 4.59. The fraction of sp³-hybridized carbons (Fsp3) is 0.333. The summed E-state index contributed by atoms with van der Waals surface area (Å²) in [5.41, 5.74) is 6.29. The number of hydrogen-bond donors (Lipinski definition) is 2. The van der Waals surface area contributed by atoms with Crippen LogP contribution < -0.4 is 20.3 Å². The van der Waals surface area contributed by atoms with Gasteiger partial charge >= 0.3 is 0 Å². The Bertz CT molecular complexity index is 793. The summed E-state index contributed by atoms with van der Waals surface area (Å²) in [6, 6.07) is 12.4. The maximum atomic E-state index is 12.1. The van der Waals surface area contributed by atoms with Gasteiger partial charge in [0.15, 0.2) is 6.61 Å². The number of ether oxygens (including phenoxy) is 2. The molecule has 0 saturated carbocycles. The SMILES string of the molecule is CCCCOc1ccc(C(=O)NNC(=O)COc2ccc(CC)cc2Br)cc1. The van der Waals surface area contributed by atoms with Gasteiger partial charge in [-0.1, -0.05) is 26.3 Å². The molecule has 0 aliphatic rings. The van der Waals surface area contributed by atoms with Crippen LogP contribution in [0.2, 0.25) is 0 Å². The second-order valence-corrected chi connectivity index (χ2v) is 6.99. The number of rotatable bonds is 9. The van der Waals surface area contributed by atoms with Gasteiger partial charge in [-0.25, -0.2) is 0 Å². The molecule has 0 aromatic heterocycles. The van der Waals surface area contributed by atoms with Gasteiger partial charge < -0.3 is 9.47 Å². The van der Waals surface area contributed by atoms with Crippen molar-refractivity contribution in [2.24, 2.45) is 0 Å². The Morgan fingerprint density at radius 3 is 2.39 bits per heavy atom. The van der Waals surface area contributed by atoms with Crippen molar-refractivity contribution in [3.8, 4) is 11.5 Å². The molecule has 0 heterocycles. The number of halogens is 1. The summed E-state index contributed by atoms with van der Waals surface area (Å²) in [4.78, 5) is 24.0. The summed E-state index contributed by atoms with van der Waals surface area (Å²) < 4.78 is 11.8. The molecule has 2 N–H and O–H groups in total. The average molecular weight is 449 g/mol. The second kappa shape index (κ2) is 11.3. The minimum Gasteiger partial charge on any atom is -0.494 e. The first kappa shape index (κ1) is 21.8. The van der Waals surface area contributed by atoms with Crippen molar-refractivity contribution < 1.29 is 19.1 Å². The van der Waals surface area contributed by atoms with Crippen LogP contribution in [0.15, 0.2) is 46.9 Å². The standard InChI is InChI=1S/C21H25BrN2O4/c1-3-5-12-27-17-9-7-16(8-10-17)21(26)24-23-20(25)14-28-19-11-6-15(4-2)13-18(19)22/h6-11,13H,3-5,12,14H2,1-2H3,(H,23,25)(H,24,26). The van der Waals surface area contributed by atoms with Crippen LogP contribution in [0.25, 0.3) is 0 Å². The van der Waals surface area contributed by atoms with Crippen molar-refractivity contribution in [3.05, 3.63) is 58.1 Å². The molecule has 0 fully saturated rings. The maximum absolute atomic E-state index is 12.1. The lowest BCUT2D eigenvalue weighted by molar-refractivity contribution is -0.123. The highest BCUT2D eigenvalue weighted by atomic mass is 79.9. The lowest BCUT2D eigenvalue weighted by Gasteiger charge is -2.11. The van der Waals surface area contributed by atoms with E-state index in [1.54, 1.807) is 30.3 Å². The van der Waals surface area contributed by atoms with E-state index >= 15 is 0 Å². The average Bonchev–Trinajstić information content (AvgIpc) is 2.71. The number of unbranched alkanes of at least 4 members (excludes halogenated alkanes) is 1. The largest absolute Gasteiger partial charge is 0.494 e. The molecule has 2 aromatic carbocycles. The van der Waals surface area contributed by atoms with E-state index in [-0.39, 0.29) is 6.61 Å². The Balaban J connectivity index is 1.76. The van der Waals surface area contributed by atoms with Gasteiger partial charge in [0.2, 0.25) is 0 Å². The minimum atomic E-state index is -0.459. The first-order valence-corrected chi connectivity index (χ1v) is 10.1. The number of aryl methyl sites for hydroxylation is 1. The molecule has 0 aliphatic heterocycles.